The van der Waals surface area contributed by atoms with Gasteiger partial charge in [0.05, 0.1) is 0 Å². The standard InChI is InChI=1S/C18H36N.Li/c1-4-7-10-12-14-17-19(16-9-6-3)18-15-13-11-8-5-2;/h6,9H,3-5,7-8,10-18H2,1-2H3;/b9-6+;. The van der Waals surface area contributed by atoms with E-state index in [2.05, 4.69) is 48.6 Å². The van der Waals surface area contributed by atoms with Crippen molar-refractivity contribution in [2.75, 3.05) is 19.6 Å². The molecule has 0 rings (SSSR count). The average Bonchev–Trinajstić information content (AvgIpc) is 2.46. The summed E-state index contributed by atoms with van der Waals surface area (Å²) in [6.45, 7) is 8.34. The summed E-state index contributed by atoms with van der Waals surface area (Å²) in [5.74, 6) is 0. The van der Waals surface area contributed by atoms with Crippen LogP contribution in [0.15, 0.2) is 12.2 Å². The molecule has 0 fully saturated rings. The Hall–Kier alpha value is 0.297. The Morgan fingerprint density at radius 3 is 1.65 bits per heavy atom. The number of hydrogen-bond acceptors (Lipinski definition) is 1. The van der Waals surface area contributed by atoms with Crippen LogP contribution in [0.3, 0.4) is 0 Å². The van der Waals surface area contributed by atoms with Crippen molar-refractivity contribution in [2.45, 2.75) is 83.1 Å². The van der Waals surface area contributed by atoms with Gasteiger partial charge in [-0.1, -0.05) is 0 Å². The van der Waals surface area contributed by atoms with Crippen molar-refractivity contribution in [1.29, 1.82) is 0 Å². The first-order valence-electron chi connectivity index (χ1n) is 9.22. The minimum absolute atomic E-state index is 1.16. The zero-order valence-corrected chi connectivity index (χ0v) is 14.5. The van der Waals surface area contributed by atoms with Crippen molar-refractivity contribution >= 4 is 17.7 Å². The molecule has 0 unspecified atom stereocenters. The van der Waals surface area contributed by atoms with Gasteiger partial charge in [0.25, 0.3) is 0 Å². The average molecular weight is 273 g/mol. The van der Waals surface area contributed by atoms with Gasteiger partial charge in [0, 0.05) is 0 Å². The third-order valence-corrected chi connectivity index (χ3v) is 3.92. The van der Waals surface area contributed by atoms with Crippen LogP contribution in [-0.2, 0) is 0 Å². The van der Waals surface area contributed by atoms with Gasteiger partial charge in [0.2, 0.25) is 0 Å². The number of allylic oxidation sites excluding steroid dienone is 1. The molecule has 0 aliphatic rings. The molecule has 0 aromatic carbocycles. The molecule has 20 heavy (non-hydrogen) atoms. The monoisotopic (exact) mass is 273 g/mol. The first-order chi connectivity index (χ1) is 9.85. The predicted octanol–water partition coefficient (Wildman–Crippen LogP) is 5.37. The zero-order chi connectivity index (χ0) is 14.9. The number of unbranched alkanes of at least 4 members (excludes halogenated alkanes) is 8. The van der Waals surface area contributed by atoms with Crippen LogP contribution in [0.2, 0.25) is 5.09 Å². The molecule has 0 saturated heterocycles. The molecule has 0 aliphatic carbocycles. The molecule has 0 spiro atoms. The van der Waals surface area contributed by atoms with Crippen molar-refractivity contribution in [1.82, 2.24) is 4.90 Å². The topological polar surface area (TPSA) is 3.24 Å². The molecule has 0 bridgehead atoms. The van der Waals surface area contributed by atoms with E-state index in [1.165, 1.54) is 82.4 Å². The van der Waals surface area contributed by atoms with Gasteiger partial charge in [0.15, 0.2) is 0 Å². The van der Waals surface area contributed by atoms with E-state index in [0.717, 1.165) is 6.54 Å². The SMILES string of the molecule is [Li][CH2]/C=C/CN(CCCCCCC)CCCCCCC. The fraction of sp³-hybridized carbons (Fsp3) is 0.889. The first-order valence-corrected chi connectivity index (χ1v) is 9.22. The fourth-order valence-corrected chi connectivity index (χ4v) is 2.56. The van der Waals surface area contributed by atoms with Crippen LogP contribution in [0.1, 0.15) is 78.1 Å². The summed E-state index contributed by atoms with van der Waals surface area (Å²) < 4.78 is 0. The van der Waals surface area contributed by atoms with Crippen molar-refractivity contribution in [2.24, 2.45) is 0 Å². The molecule has 0 aliphatic heterocycles. The number of hydrogen-bond donors (Lipinski definition) is 0. The molecule has 0 saturated carbocycles. The second kappa shape index (κ2) is 17.3. The summed E-state index contributed by atoms with van der Waals surface area (Å²) in [6.07, 6.45) is 18.6. The second-order valence-corrected chi connectivity index (χ2v) is 6.01. The Kier molecular flexibility index (Phi) is 17.6. The van der Waals surface area contributed by atoms with Gasteiger partial charge in [-0.2, -0.15) is 0 Å². The van der Waals surface area contributed by atoms with Gasteiger partial charge in [0.1, 0.15) is 0 Å². The summed E-state index contributed by atoms with van der Waals surface area (Å²) >= 11 is 2.22. The molecular weight excluding hydrogens is 237 g/mol. The molecule has 1 nitrogen and oxygen atoms in total. The van der Waals surface area contributed by atoms with E-state index in [1.807, 2.05) is 0 Å². The van der Waals surface area contributed by atoms with E-state index in [-0.39, 0.29) is 0 Å². The van der Waals surface area contributed by atoms with Crippen LogP contribution < -0.4 is 0 Å². The summed E-state index contributed by atoms with van der Waals surface area (Å²) in [6, 6.07) is 0. The fourth-order valence-electron chi connectivity index (χ4n) is 2.56. The molecule has 114 valence electrons. The van der Waals surface area contributed by atoms with E-state index >= 15 is 0 Å². The van der Waals surface area contributed by atoms with Crippen molar-refractivity contribution < 1.29 is 0 Å². The summed E-state index contributed by atoms with van der Waals surface area (Å²) in [4.78, 5) is 2.66. The van der Waals surface area contributed by atoms with Crippen LogP contribution in [0.25, 0.3) is 0 Å². The Morgan fingerprint density at radius 1 is 0.700 bits per heavy atom. The van der Waals surface area contributed by atoms with E-state index in [1.54, 1.807) is 0 Å². The van der Waals surface area contributed by atoms with Gasteiger partial charge >= 0.3 is 138 Å². The molecule has 2 heteroatoms. The van der Waals surface area contributed by atoms with Gasteiger partial charge in [-0.25, -0.2) is 0 Å². The van der Waals surface area contributed by atoms with Crippen LogP contribution in [0, 0.1) is 0 Å². The molecule has 0 radical (unpaired) electrons. The normalized spacial score (nSPS) is 11.8. The zero-order valence-electron chi connectivity index (χ0n) is 14.5. The van der Waals surface area contributed by atoms with Crippen molar-refractivity contribution in [3.63, 3.8) is 0 Å². The Labute approximate surface area is 137 Å². The van der Waals surface area contributed by atoms with Crippen molar-refractivity contribution in [3.05, 3.63) is 12.2 Å². The van der Waals surface area contributed by atoms with Crippen molar-refractivity contribution in [3.8, 4) is 0 Å². The summed E-state index contributed by atoms with van der Waals surface area (Å²) in [5.41, 5.74) is 0. The number of rotatable bonds is 15. The van der Waals surface area contributed by atoms with E-state index < -0.39 is 0 Å². The number of nitrogens with zero attached hydrogens (tertiary/aromatic N) is 1. The van der Waals surface area contributed by atoms with E-state index in [4.69, 9.17) is 0 Å². The van der Waals surface area contributed by atoms with Crippen LogP contribution in [0.5, 0.6) is 0 Å². The second-order valence-electron chi connectivity index (χ2n) is 6.01. The van der Waals surface area contributed by atoms with Crippen LogP contribution in [0.4, 0.5) is 0 Å². The van der Waals surface area contributed by atoms with Gasteiger partial charge in [-0.05, 0) is 0 Å². The molecular formula is C18H36LiN. The predicted molar refractivity (Wildman–Crippen MR) is 93.7 cm³/mol. The summed E-state index contributed by atoms with van der Waals surface area (Å²) in [5, 5.41) is 1.17. The van der Waals surface area contributed by atoms with E-state index in [0.29, 0.717) is 0 Å². The molecule has 0 atom stereocenters. The first kappa shape index (κ1) is 20.3. The molecule has 0 amide bonds. The molecule has 0 aromatic heterocycles. The Bertz CT molecular complexity index is 190. The third-order valence-electron chi connectivity index (χ3n) is 3.92. The van der Waals surface area contributed by atoms with Gasteiger partial charge in [-0.15, -0.1) is 0 Å². The van der Waals surface area contributed by atoms with Gasteiger partial charge < -0.3 is 0 Å². The Morgan fingerprint density at radius 2 is 1.20 bits per heavy atom. The molecule has 0 aromatic rings. The van der Waals surface area contributed by atoms with E-state index in [9.17, 15) is 0 Å². The molecule has 0 N–H and O–H groups in total. The summed E-state index contributed by atoms with van der Waals surface area (Å²) in [7, 11) is 0. The maximum atomic E-state index is 2.66. The van der Waals surface area contributed by atoms with Gasteiger partial charge in [-0.3, -0.25) is 0 Å². The van der Waals surface area contributed by atoms with Crippen LogP contribution in [-0.4, -0.2) is 42.2 Å². The minimum atomic E-state index is 1.16. The Balaban J connectivity index is 3.73. The molecule has 0 heterocycles. The quantitative estimate of drug-likeness (QED) is 0.220. The maximum absolute atomic E-state index is 2.66. The van der Waals surface area contributed by atoms with Crippen LogP contribution >= 0.6 is 0 Å². The third kappa shape index (κ3) is 14.7.